The van der Waals surface area contributed by atoms with Crippen LogP contribution < -0.4 is 0 Å². The maximum absolute atomic E-state index is 13.0. The molecule has 0 spiro atoms. The smallest absolute Gasteiger partial charge is 0.225 e. The van der Waals surface area contributed by atoms with Gasteiger partial charge in [-0.05, 0) is 37.5 Å². The molecule has 1 aromatic carbocycles. The number of hydrogen-bond donors (Lipinski definition) is 0. The highest BCUT2D eigenvalue weighted by molar-refractivity contribution is 5.79. The number of ether oxygens (including phenoxy) is 1. The van der Waals surface area contributed by atoms with Crippen LogP contribution in [0.5, 0.6) is 0 Å². The Morgan fingerprint density at radius 2 is 1.86 bits per heavy atom. The standard InChI is InChI=1S/C17H22FNO2/c1-12-10-19(17(20)14-4-2-3-5-14)11-16(21-12)13-6-8-15(18)9-7-13/h6-9,12,14,16H,2-5,10-11H2,1H3. The number of rotatable bonds is 2. The van der Waals surface area contributed by atoms with Gasteiger partial charge in [0, 0.05) is 12.5 Å². The van der Waals surface area contributed by atoms with Crippen LogP contribution in [-0.2, 0) is 9.53 Å². The molecular weight excluding hydrogens is 269 g/mol. The van der Waals surface area contributed by atoms with Crippen LogP contribution in [0, 0.1) is 11.7 Å². The van der Waals surface area contributed by atoms with Crippen LogP contribution in [0.4, 0.5) is 4.39 Å². The number of hydrogen-bond acceptors (Lipinski definition) is 2. The Kier molecular flexibility index (Phi) is 4.24. The van der Waals surface area contributed by atoms with Crippen molar-refractivity contribution in [2.75, 3.05) is 13.1 Å². The fraction of sp³-hybridized carbons (Fsp3) is 0.588. The van der Waals surface area contributed by atoms with Crippen molar-refractivity contribution in [3.63, 3.8) is 0 Å². The predicted octanol–water partition coefficient (Wildman–Crippen LogP) is 3.30. The summed E-state index contributed by atoms with van der Waals surface area (Å²) in [5.74, 6) is 0.223. The van der Waals surface area contributed by atoms with Crippen LogP contribution in [0.1, 0.15) is 44.3 Å². The average molecular weight is 291 g/mol. The first kappa shape index (κ1) is 14.5. The van der Waals surface area contributed by atoms with Crippen molar-refractivity contribution in [3.05, 3.63) is 35.6 Å². The summed E-state index contributed by atoms with van der Waals surface area (Å²) >= 11 is 0. The van der Waals surface area contributed by atoms with Crippen molar-refractivity contribution >= 4 is 5.91 Å². The fourth-order valence-corrected chi connectivity index (χ4v) is 3.42. The molecule has 3 rings (SSSR count). The number of amides is 1. The maximum atomic E-state index is 13.0. The van der Waals surface area contributed by atoms with Gasteiger partial charge >= 0.3 is 0 Å². The first-order valence-corrected chi connectivity index (χ1v) is 7.83. The summed E-state index contributed by atoms with van der Waals surface area (Å²) in [6, 6.07) is 6.38. The molecule has 1 aliphatic carbocycles. The van der Waals surface area contributed by atoms with E-state index in [1.165, 1.54) is 12.1 Å². The Morgan fingerprint density at radius 1 is 1.19 bits per heavy atom. The van der Waals surface area contributed by atoms with Gasteiger partial charge in [0.2, 0.25) is 5.91 Å². The van der Waals surface area contributed by atoms with E-state index in [2.05, 4.69) is 0 Å². The van der Waals surface area contributed by atoms with E-state index >= 15 is 0 Å². The molecule has 4 heteroatoms. The lowest BCUT2D eigenvalue weighted by Crippen LogP contribution is -2.47. The van der Waals surface area contributed by atoms with Gasteiger partial charge < -0.3 is 9.64 Å². The highest BCUT2D eigenvalue weighted by atomic mass is 19.1. The third-order valence-corrected chi connectivity index (χ3v) is 4.52. The summed E-state index contributed by atoms with van der Waals surface area (Å²) < 4.78 is 19.0. The molecule has 1 saturated heterocycles. The molecule has 0 aromatic heterocycles. The summed E-state index contributed by atoms with van der Waals surface area (Å²) in [7, 11) is 0. The third kappa shape index (κ3) is 3.26. The van der Waals surface area contributed by atoms with Crippen molar-refractivity contribution in [3.8, 4) is 0 Å². The Labute approximate surface area is 125 Å². The second-order valence-corrected chi connectivity index (χ2v) is 6.21. The zero-order valence-corrected chi connectivity index (χ0v) is 12.4. The molecule has 114 valence electrons. The van der Waals surface area contributed by atoms with Crippen LogP contribution in [0.15, 0.2) is 24.3 Å². The van der Waals surface area contributed by atoms with E-state index in [0.717, 1.165) is 31.2 Å². The molecule has 1 heterocycles. The number of carbonyl (C=O) groups excluding carboxylic acids is 1. The lowest BCUT2D eigenvalue weighted by molar-refractivity contribution is -0.148. The van der Waals surface area contributed by atoms with Gasteiger partial charge in [0.25, 0.3) is 0 Å². The molecule has 2 aliphatic rings. The van der Waals surface area contributed by atoms with Gasteiger partial charge in [-0.3, -0.25) is 4.79 Å². The van der Waals surface area contributed by atoms with E-state index in [1.807, 2.05) is 11.8 Å². The Balaban J connectivity index is 1.71. The first-order chi connectivity index (χ1) is 10.1. The van der Waals surface area contributed by atoms with Crippen LogP contribution in [-0.4, -0.2) is 30.0 Å². The summed E-state index contributed by atoms with van der Waals surface area (Å²) in [5, 5.41) is 0. The molecule has 0 N–H and O–H groups in total. The number of morpholine rings is 1. The largest absolute Gasteiger partial charge is 0.367 e. The SMILES string of the molecule is CC1CN(C(=O)C2CCCC2)CC(c2ccc(F)cc2)O1. The van der Waals surface area contributed by atoms with Gasteiger partial charge in [-0.2, -0.15) is 0 Å². The summed E-state index contributed by atoms with van der Waals surface area (Å²) in [5.41, 5.74) is 0.937. The molecule has 0 radical (unpaired) electrons. The third-order valence-electron chi connectivity index (χ3n) is 4.52. The molecule has 2 unspecified atom stereocenters. The van der Waals surface area contributed by atoms with Gasteiger partial charge in [0.15, 0.2) is 0 Å². The van der Waals surface area contributed by atoms with E-state index in [0.29, 0.717) is 13.1 Å². The molecule has 2 fully saturated rings. The van der Waals surface area contributed by atoms with Crippen LogP contribution in [0.25, 0.3) is 0 Å². The molecule has 1 aromatic rings. The van der Waals surface area contributed by atoms with Crippen molar-refractivity contribution in [2.24, 2.45) is 5.92 Å². The second kappa shape index (κ2) is 6.14. The van der Waals surface area contributed by atoms with E-state index < -0.39 is 0 Å². The average Bonchev–Trinajstić information content (AvgIpc) is 3.00. The van der Waals surface area contributed by atoms with Gasteiger partial charge in [-0.15, -0.1) is 0 Å². The van der Waals surface area contributed by atoms with Crippen molar-refractivity contribution in [2.45, 2.75) is 44.8 Å². The lowest BCUT2D eigenvalue weighted by Gasteiger charge is -2.38. The molecule has 0 bridgehead atoms. The van der Waals surface area contributed by atoms with E-state index in [4.69, 9.17) is 4.74 Å². The maximum Gasteiger partial charge on any atom is 0.225 e. The minimum absolute atomic E-state index is 0.0131. The molecule has 3 nitrogen and oxygen atoms in total. The van der Waals surface area contributed by atoms with E-state index in [1.54, 1.807) is 12.1 Å². The number of halogens is 1. The van der Waals surface area contributed by atoms with Crippen molar-refractivity contribution in [1.82, 2.24) is 4.90 Å². The zero-order chi connectivity index (χ0) is 14.8. The van der Waals surface area contributed by atoms with Crippen molar-refractivity contribution in [1.29, 1.82) is 0 Å². The molecule has 1 amide bonds. The van der Waals surface area contributed by atoms with E-state index in [-0.39, 0.29) is 29.9 Å². The topological polar surface area (TPSA) is 29.5 Å². The predicted molar refractivity (Wildman–Crippen MR) is 78.2 cm³/mol. The lowest BCUT2D eigenvalue weighted by atomic mass is 10.0. The minimum Gasteiger partial charge on any atom is -0.367 e. The fourth-order valence-electron chi connectivity index (χ4n) is 3.42. The Bertz CT molecular complexity index is 496. The van der Waals surface area contributed by atoms with Gasteiger partial charge in [-0.1, -0.05) is 25.0 Å². The van der Waals surface area contributed by atoms with Gasteiger partial charge in [0.1, 0.15) is 11.9 Å². The van der Waals surface area contributed by atoms with Gasteiger partial charge in [0.05, 0.1) is 12.6 Å². The number of benzene rings is 1. The monoisotopic (exact) mass is 291 g/mol. The molecule has 21 heavy (non-hydrogen) atoms. The summed E-state index contributed by atoms with van der Waals surface area (Å²) in [6.07, 6.45) is 4.23. The quantitative estimate of drug-likeness (QED) is 0.836. The first-order valence-electron chi connectivity index (χ1n) is 7.83. The Hall–Kier alpha value is -1.42. The molecule has 2 atom stereocenters. The molecular formula is C17H22FNO2. The van der Waals surface area contributed by atoms with Gasteiger partial charge in [-0.25, -0.2) is 4.39 Å². The second-order valence-electron chi connectivity index (χ2n) is 6.21. The molecule has 1 aliphatic heterocycles. The summed E-state index contributed by atoms with van der Waals surface area (Å²) in [6.45, 7) is 3.23. The van der Waals surface area contributed by atoms with E-state index in [9.17, 15) is 9.18 Å². The van der Waals surface area contributed by atoms with Crippen LogP contribution in [0.2, 0.25) is 0 Å². The Morgan fingerprint density at radius 3 is 2.52 bits per heavy atom. The highest BCUT2D eigenvalue weighted by Gasteiger charge is 2.33. The van der Waals surface area contributed by atoms with Crippen LogP contribution >= 0.6 is 0 Å². The zero-order valence-electron chi connectivity index (χ0n) is 12.4. The number of carbonyl (C=O) groups is 1. The van der Waals surface area contributed by atoms with Crippen LogP contribution in [0.3, 0.4) is 0 Å². The normalized spacial score (nSPS) is 27.0. The van der Waals surface area contributed by atoms with Crippen molar-refractivity contribution < 1.29 is 13.9 Å². The highest BCUT2D eigenvalue weighted by Crippen LogP contribution is 2.30. The minimum atomic E-state index is -0.249. The summed E-state index contributed by atoms with van der Waals surface area (Å²) in [4.78, 5) is 14.5. The number of nitrogens with zero attached hydrogens (tertiary/aromatic N) is 1. The molecule has 1 saturated carbocycles.